The van der Waals surface area contributed by atoms with Gasteiger partial charge >= 0.3 is 11.8 Å². The molecule has 2 amide bonds. The monoisotopic (exact) mass is 366 g/mol. The first-order chi connectivity index (χ1) is 13.2. The smallest absolute Gasteiger partial charge is 0.309 e. The van der Waals surface area contributed by atoms with Gasteiger partial charge in [-0.25, -0.2) is 0 Å². The van der Waals surface area contributed by atoms with Crippen molar-refractivity contribution in [1.82, 2.24) is 10.6 Å². The van der Waals surface area contributed by atoms with E-state index in [2.05, 4.69) is 17.6 Å². The third-order valence-electron chi connectivity index (χ3n) is 4.64. The third-order valence-corrected chi connectivity index (χ3v) is 4.64. The average molecular weight is 367 g/mol. The molecule has 144 valence electrons. The summed E-state index contributed by atoms with van der Waals surface area (Å²) in [4.78, 5) is 24.1. The highest BCUT2D eigenvalue weighted by Gasteiger charge is 2.18. The highest BCUT2D eigenvalue weighted by atomic mass is 16.2. The molecule has 0 heterocycles. The Bertz CT molecular complexity index is 647. The van der Waals surface area contributed by atoms with E-state index in [9.17, 15) is 9.59 Å². The number of carbonyl (C=O) groups is 2. The lowest BCUT2D eigenvalue weighted by atomic mass is 9.91. The van der Waals surface area contributed by atoms with Crippen LogP contribution >= 0.6 is 0 Å². The average Bonchev–Trinajstić information content (AvgIpc) is 2.72. The zero-order valence-electron chi connectivity index (χ0n) is 16.1. The number of benzene rings is 2. The number of carbonyl (C=O) groups excluding carboxylic acids is 2. The van der Waals surface area contributed by atoms with Crippen LogP contribution in [0.15, 0.2) is 60.7 Å². The maximum absolute atomic E-state index is 12.2. The number of hydrogen-bond acceptors (Lipinski definition) is 2. The molecule has 0 aliphatic carbocycles. The van der Waals surface area contributed by atoms with Gasteiger partial charge in [-0.15, -0.1) is 0 Å². The quantitative estimate of drug-likeness (QED) is 0.493. The maximum atomic E-state index is 12.2. The molecule has 0 saturated heterocycles. The lowest BCUT2D eigenvalue weighted by Crippen LogP contribution is -2.41. The zero-order valence-corrected chi connectivity index (χ0v) is 16.1. The van der Waals surface area contributed by atoms with Gasteiger partial charge < -0.3 is 10.6 Å². The summed E-state index contributed by atoms with van der Waals surface area (Å²) < 4.78 is 0. The Labute approximate surface area is 162 Å². The Morgan fingerprint density at radius 2 is 1.26 bits per heavy atom. The Hall–Kier alpha value is -2.62. The summed E-state index contributed by atoms with van der Waals surface area (Å²) in [5, 5.41) is 5.50. The molecule has 2 rings (SSSR count). The molecule has 0 radical (unpaired) electrons. The molecule has 0 bridgehead atoms. The van der Waals surface area contributed by atoms with Crippen LogP contribution in [0.1, 0.15) is 56.1 Å². The van der Waals surface area contributed by atoms with Crippen LogP contribution in [0.2, 0.25) is 0 Å². The number of amides is 2. The van der Waals surface area contributed by atoms with Crippen molar-refractivity contribution < 1.29 is 9.59 Å². The summed E-state index contributed by atoms with van der Waals surface area (Å²) in [5.41, 5.74) is 2.22. The minimum Gasteiger partial charge on any atom is -0.348 e. The fourth-order valence-electron chi connectivity index (χ4n) is 3.08. The second-order valence-corrected chi connectivity index (χ2v) is 6.75. The molecular weight excluding hydrogens is 336 g/mol. The molecule has 0 unspecified atom stereocenters. The van der Waals surface area contributed by atoms with E-state index in [1.165, 1.54) is 19.3 Å². The van der Waals surface area contributed by atoms with E-state index in [1.54, 1.807) is 0 Å². The van der Waals surface area contributed by atoms with Crippen LogP contribution in [-0.2, 0) is 9.59 Å². The molecule has 4 nitrogen and oxygen atoms in total. The summed E-state index contributed by atoms with van der Waals surface area (Å²) in [6.07, 6.45) is 5.58. The molecule has 4 heteroatoms. The van der Waals surface area contributed by atoms with Gasteiger partial charge in [0.05, 0.1) is 0 Å². The predicted octanol–water partition coefficient (Wildman–Crippen LogP) is 4.02. The van der Waals surface area contributed by atoms with Crippen LogP contribution in [0.5, 0.6) is 0 Å². The highest BCUT2D eigenvalue weighted by Crippen LogP contribution is 2.23. The van der Waals surface area contributed by atoms with Gasteiger partial charge in [-0.05, 0) is 17.5 Å². The zero-order chi connectivity index (χ0) is 19.3. The van der Waals surface area contributed by atoms with Crippen LogP contribution in [-0.4, -0.2) is 24.9 Å². The fourth-order valence-corrected chi connectivity index (χ4v) is 3.08. The molecule has 2 N–H and O–H groups in total. The van der Waals surface area contributed by atoms with Gasteiger partial charge in [0, 0.05) is 19.0 Å². The summed E-state index contributed by atoms with van der Waals surface area (Å²) in [6.45, 7) is 3.11. The molecule has 2 aromatic rings. The van der Waals surface area contributed by atoms with E-state index in [1.807, 2.05) is 60.7 Å². The van der Waals surface area contributed by atoms with Crippen LogP contribution in [0.3, 0.4) is 0 Å². The van der Waals surface area contributed by atoms with Crippen molar-refractivity contribution in [2.45, 2.75) is 44.9 Å². The van der Waals surface area contributed by atoms with Gasteiger partial charge in [-0.2, -0.15) is 0 Å². The van der Waals surface area contributed by atoms with Crippen molar-refractivity contribution in [1.29, 1.82) is 0 Å². The number of unbranched alkanes of at least 4 members (excludes halogenated alkanes) is 4. The van der Waals surface area contributed by atoms with Crippen molar-refractivity contribution in [3.05, 3.63) is 71.8 Å². The first-order valence-electron chi connectivity index (χ1n) is 9.88. The first kappa shape index (κ1) is 20.7. The highest BCUT2D eigenvalue weighted by molar-refractivity contribution is 6.35. The van der Waals surface area contributed by atoms with Crippen molar-refractivity contribution in [3.63, 3.8) is 0 Å². The summed E-state index contributed by atoms with van der Waals surface area (Å²) >= 11 is 0. The van der Waals surface area contributed by atoms with Crippen molar-refractivity contribution in [3.8, 4) is 0 Å². The van der Waals surface area contributed by atoms with Crippen molar-refractivity contribution >= 4 is 11.8 Å². The minimum absolute atomic E-state index is 0.0122. The molecule has 2 aromatic carbocycles. The first-order valence-corrected chi connectivity index (χ1v) is 9.88. The van der Waals surface area contributed by atoms with Crippen LogP contribution in [0.25, 0.3) is 0 Å². The van der Waals surface area contributed by atoms with Gasteiger partial charge in [0.2, 0.25) is 0 Å². The standard InChI is InChI=1S/C23H30N2O2/c1-2-3-4-5-12-17-24-22(26)23(27)25-18-21(19-13-8-6-9-14-19)20-15-10-7-11-16-20/h6-11,13-16,21H,2-5,12,17-18H2,1H3,(H,24,26)(H,25,27). The molecule has 0 fully saturated rings. The Balaban J connectivity index is 1.85. The van der Waals surface area contributed by atoms with Gasteiger partial charge in [0.1, 0.15) is 0 Å². The topological polar surface area (TPSA) is 58.2 Å². The fraction of sp³-hybridized carbons (Fsp3) is 0.391. The minimum atomic E-state index is -0.569. The van der Waals surface area contributed by atoms with E-state index in [-0.39, 0.29) is 5.92 Å². The van der Waals surface area contributed by atoms with E-state index in [4.69, 9.17) is 0 Å². The molecule has 0 aromatic heterocycles. The SMILES string of the molecule is CCCCCCCNC(=O)C(=O)NCC(c1ccccc1)c1ccccc1. The lowest BCUT2D eigenvalue weighted by Gasteiger charge is -2.18. The van der Waals surface area contributed by atoms with Crippen molar-refractivity contribution in [2.75, 3.05) is 13.1 Å². The molecule has 0 aliphatic rings. The molecule has 0 saturated carbocycles. The Morgan fingerprint density at radius 1 is 0.741 bits per heavy atom. The van der Waals surface area contributed by atoms with Gasteiger partial charge in [-0.1, -0.05) is 93.3 Å². The van der Waals surface area contributed by atoms with Gasteiger partial charge in [0.15, 0.2) is 0 Å². The summed E-state index contributed by atoms with van der Waals surface area (Å²) in [5.74, 6) is -1.11. The molecule has 27 heavy (non-hydrogen) atoms. The van der Waals surface area contributed by atoms with E-state index < -0.39 is 11.8 Å². The van der Waals surface area contributed by atoms with E-state index in [0.717, 1.165) is 24.0 Å². The molecular formula is C23H30N2O2. The predicted molar refractivity (Wildman–Crippen MR) is 110 cm³/mol. The number of rotatable bonds is 10. The normalized spacial score (nSPS) is 10.6. The van der Waals surface area contributed by atoms with Crippen LogP contribution in [0.4, 0.5) is 0 Å². The molecule has 0 aliphatic heterocycles. The second kappa shape index (κ2) is 11.9. The molecule has 0 spiro atoms. The van der Waals surface area contributed by atoms with E-state index in [0.29, 0.717) is 13.1 Å². The maximum Gasteiger partial charge on any atom is 0.309 e. The lowest BCUT2D eigenvalue weighted by molar-refractivity contribution is -0.139. The second-order valence-electron chi connectivity index (χ2n) is 6.75. The van der Waals surface area contributed by atoms with Crippen LogP contribution < -0.4 is 10.6 Å². The third kappa shape index (κ3) is 7.26. The van der Waals surface area contributed by atoms with Gasteiger partial charge in [-0.3, -0.25) is 9.59 Å². The molecule has 0 atom stereocenters. The largest absolute Gasteiger partial charge is 0.348 e. The van der Waals surface area contributed by atoms with Gasteiger partial charge in [0.25, 0.3) is 0 Å². The number of nitrogens with one attached hydrogen (secondary N) is 2. The summed E-state index contributed by atoms with van der Waals surface area (Å²) in [6, 6.07) is 20.0. The number of hydrogen-bond donors (Lipinski definition) is 2. The Kier molecular flexibility index (Phi) is 9.11. The summed E-state index contributed by atoms with van der Waals surface area (Å²) in [7, 11) is 0. The Morgan fingerprint density at radius 3 is 1.81 bits per heavy atom. The van der Waals surface area contributed by atoms with Crippen LogP contribution in [0, 0.1) is 0 Å². The van der Waals surface area contributed by atoms with Crippen molar-refractivity contribution in [2.24, 2.45) is 0 Å². The van der Waals surface area contributed by atoms with E-state index >= 15 is 0 Å².